The maximum Gasteiger partial charge on any atom is 0.387 e. The van der Waals surface area contributed by atoms with E-state index in [-0.39, 0.29) is 11.8 Å². The zero-order valence-electron chi connectivity index (χ0n) is 10.9. The van der Waals surface area contributed by atoms with E-state index in [0.717, 1.165) is 18.5 Å². The van der Waals surface area contributed by atoms with Crippen molar-refractivity contribution in [2.24, 2.45) is 0 Å². The molecule has 0 saturated carbocycles. The Kier molecular flexibility index (Phi) is 6.89. The van der Waals surface area contributed by atoms with Gasteiger partial charge in [0.1, 0.15) is 5.75 Å². The van der Waals surface area contributed by atoms with Gasteiger partial charge in [0.15, 0.2) is 0 Å². The standard InChI is InChI=1S/C14H19F2NO2/c1-3-18-9-5-8-17-11(2)12-6-4-7-13(10-12)19-14(15)16/h3-4,6-7,10-11,14,17H,1,5,8-9H2,2H3. The minimum atomic E-state index is -2.80. The molecular formula is C14H19F2NO2. The summed E-state index contributed by atoms with van der Waals surface area (Å²) in [6.07, 6.45) is 2.26. The molecule has 0 amide bonds. The molecule has 0 fully saturated rings. The molecule has 5 heteroatoms. The highest BCUT2D eigenvalue weighted by atomic mass is 19.3. The van der Waals surface area contributed by atoms with Crippen LogP contribution in [0.5, 0.6) is 5.75 Å². The van der Waals surface area contributed by atoms with Crippen molar-refractivity contribution in [3.63, 3.8) is 0 Å². The third-order valence-corrected chi connectivity index (χ3v) is 2.59. The fraction of sp³-hybridized carbons (Fsp3) is 0.429. The van der Waals surface area contributed by atoms with Gasteiger partial charge < -0.3 is 14.8 Å². The molecule has 0 spiro atoms. The van der Waals surface area contributed by atoms with Crippen LogP contribution < -0.4 is 10.1 Å². The lowest BCUT2D eigenvalue weighted by Gasteiger charge is -2.15. The van der Waals surface area contributed by atoms with Crippen LogP contribution in [-0.4, -0.2) is 19.8 Å². The number of hydrogen-bond acceptors (Lipinski definition) is 3. The van der Waals surface area contributed by atoms with Gasteiger partial charge in [0.05, 0.1) is 12.9 Å². The Hall–Kier alpha value is -1.62. The monoisotopic (exact) mass is 271 g/mol. The van der Waals surface area contributed by atoms with Crippen molar-refractivity contribution < 1.29 is 18.3 Å². The molecule has 0 saturated heterocycles. The fourth-order valence-electron chi connectivity index (χ4n) is 1.64. The van der Waals surface area contributed by atoms with Crippen LogP contribution in [0.2, 0.25) is 0 Å². The van der Waals surface area contributed by atoms with Crippen LogP contribution in [0.4, 0.5) is 8.78 Å². The van der Waals surface area contributed by atoms with Crippen molar-refractivity contribution in [1.29, 1.82) is 0 Å². The highest BCUT2D eigenvalue weighted by molar-refractivity contribution is 5.30. The Bertz CT molecular complexity index is 385. The summed E-state index contributed by atoms with van der Waals surface area (Å²) in [5, 5.41) is 3.28. The first-order valence-corrected chi connectivity index (χ1v) is 6.14. The van der Waals surface area contributed by atoms with Gasteiger partial charge in [-0.05, 0) is 37.6 Å². The highest BCUT2D eigenvalue weighted by Crippen LogP contribution is 2.20. The summed E-state index contributed by atoms with van der Waals surface area (Å²) in [5.41, 5.74) is 0.905. The second kappa shape index (κ2) is 8.48. The van der Waals surface area contributed by atoms with Gasteiger partial charge in [-0.25, -0.2) is 0 Å². The molecule has 1 aromatic carbocycles. The second-order valence-electron chi connectivity index (χ2n) is 4.02. The molecule has 106 valence electrons. The van der Waals surface area contributed by atoms with Crippen LogP contribution in [-0.2, 0) is 4.74 Å². The average molecular weight is 271 g/mol. The van der Waals surface area contributed by atoms with Gasteiger partial charge in [-0.3, -0.25) is 0 Å². The first-order chi connectivity index (χ1) is 9.13. The molecule has 0 aliphatic heterocycles. The summed E-state index contributed by atoms with van der Waals surface area (Å²) in [4.78, 5) is 0. The molecule has 1 atom stereocenters. The quantitative estimate of drug-likeness (QED) is 0.551. The van der Waals surface area contributed by atoms with Crippen LogP contribution in [0, 0.1) is 0 Å². The number of rotatable bonds is 9. The Labute approximate surface area is 112 Å². The Morgan fingerprint density at radius 2 is 2.21 bits per heavy atom. The van der Waals surface area contributed by atoms with Crippen LogP contribution in [0.15, 0.2) is 37.1 Å². The van der Waals surface area contributed by atoms with E-state index >= 15 is 0 Å². The van der Waals surface area contributed by atoms with E-state index in [4.69, 9.17) is 4.74 Å². The number of ether oxygens (including phenoxy) is 2. The number of nitrogens with one attached hydrogen (secondary N) is 1. The summed E-state index contributed by atoms with van der Waals surface area (Å²) in [5.74, 6) is 0.177. The summed E-state index contributed by atoms with van der Waals surface area (Å²) in [7, 11) is 0. The number of hydrogen-bond donors (Lipinski definition) is 1. The Morgan fingerprint density at radius 1 is 1.42 bits per heavy atom. The molecule has 0 radical (unpaired) electrons. The molecule has 0 aliphatic rings. The zero-order chi connectivity index (χ0) is 14.1. The minimum absolute atomic E-state index is 0.0601. The largest absolute Gasteiger partial charge is 0.502 e. The predicted molar refractivity (Wildman–Crippen MR) is 70.3 cm³/mol. The lowest BCUT2D eigenvalue weighted by Crippen LogP contribution is -2.20. The normalized spacial score (nSPS) is 12.2. The molecule has 1 unspecified atom stereocenters. The predicted octanol–water partition coefficient (Wildman–Crippen LogP) is 3.49. The van der Waals surface area contributed by atoms with E-state index in [2.05, 4.69) is 16.6 Å². The fourth-order valence-corrected chi connectivity index (χ4v) is 1.64. The number of benzene rings is 1. The first-order valence-electron chi connectivity index (χ1n) is 6.14. The van der Waals surface area contributed by atoms with E-state index in [0.29, 0.717) is 6.61 Å². The SMILES string of the molecule is C=COCCCNC(C)c1cccc(OC(F)F)c1. The van der Waals surface area contributed by atoms with Crippen molar-refractivity contribution in [3.05, 3.63) is 42.7 Å². The minimum Gasteiger partial charge on any atom is -0.502 e. The maximum atomic E-state index is 12.1. The van der Waals surface area contributed by atoms with Gasteiger partial charge in [-0.2, -0.15) is 8.78 Å². The van der Waals surface area contributed by atoms with Crippen molar-refractivity contribution in [2.75, 3.05) is 13.2 Å². The molecule has 0 heterocycles. The van der Waals surface area contributed by atoms with E-state index < -0.39 is 6.61 Å². The summed E-state index contributed by atoms with van der Waals surface area (Å²) in [6.45, 7) is 4.01. The molecule has 19 heavy (non-hydrogen) atoms. The van der Waals surface area contributed by atoms with E-state index in [1.54, 1.807) is 12.1 Å². The van der Waals surface area contributed by atoms with E-state index in [1.807, 2.05) is 13.0 Å². The molecule has 1 rings (SSSR count). The van der Waals surface area contributed by atoms with Crippen LogP contribution in [0.3, 0.4) is 0 Å². The molecule has 0 bridgehead atoms. The summed E-state index contributed by atoms with van der Waals surface area (Å²) < 4.78 is 33.6. The van der Waals surface area contributed by atoms with E-state index in [1.165, 1.54) is 12.3 Å². The van der Waals surface area contributed by atoms with Gasteiger partial charge in [0, 0.05) is 6.04 Å². The van der Waals surface area contributed by atoms with Crippen LogP contribution in [0.1, 0.15) is 24.9 Å². The van der Waals surface area contributed by atoms with E-state index in [9.17, 15) is 8.78 Å². The second-order valence-corrected chi connectivity index (χ2v) is 4.02. The number of halogens is 2. The lowest BCUT2D eigenvalue weighted by molar-refractivity contribution is -0.0499. The lowest BCUT2D eigenvalue weighted by atomic mass is 10.1. The zero-order valence-corrected chi connectivity index (χ0v) is 10.9. The first kappa shape index (κ1) is 15.4. The molecule has 1 N–H and O–H groups in total. The van der Waals surface area contributed by atoms with Crippen LogP contribution in [0.25, 0.3) is 0 Å². The third-order valence-electron chi connectivity index (χ3n) is 2.59. The van der Waals surface area contributed by atoms with Crippen molar-refractivity contribution in [1.82, 2.24) is 5.32 Å². The molecule has 1 aromatic rings. The van der Waals surface area contributed by atoms with Crippen molar-refractivity contribution in [2.45, 2.75) is 26.0 Å². The summed E-state index contributed by atoms with van der Waals surface area (Å²) in [6, 6.07) is 6.76. The Balaban J connectivity index is 2.42. The van der Waals surface area contributed by atoms with Gasteiger partial charge in [0.2, 0.25) is 0 Å². The highest BCUT2D eigenvalue weighted by Gasteiger charge is 2.08. The smallest absolute Gasteiger partial charge is 0.387 e. The number of alkyl halides is 2. The summed E-state index contributed by atoms with van der Waals surface area (Å²) >= 11 is 0. The molecule has 0 aromatic heterocycles. The van der Waals surface area contributed by atoms with Crippen LogP contribution >= 0.6 is 0 Å². The van der Waals surface area contributed by atoms with Gasteiger partial charge in [-0.1, -0.05) is 18.7 Å². The molecule has 3 nitrogen and oxygen atoms in total. The van der Waals surface area contributed by atoms with Gasteiger partial charge in [-0.15, -0.1) is 0 Å². The molecular weight excluding hydrogens is 252 g/mol. The van der Waals surface area contributed by atoms with Crippen molar-refractivity contribution in [3.8, 4) is 5.75 Å². The molecule has 0 aliphatic carbocycles. The van der Waals surface area contributed by atoms with Gasteiger partial charge >= 0.3 is 6.61 Å². The average Bonchev–Trinajstić information content (AvgIpc) is 2.38. The maximum absolute atomic E-state index is 12.1. The van der Waals surface area contributed by atoms with Crippen molar-refractivity contribution >= 4 is 0 Å². The van der Waals surface area contributed by atoms with Gasteiger partial charge in [0.25, 0.3) is 0 Å². The topological polar surface area (TPSA) is 30.5 Å². The Morgan fingerprint density at radius 3 is 2.89 bits per heavy atom. The third kappa shape index (κ3) is 6.20.